The molecule has 2 heterocycles. The largest absolute Gasteiger partial charge is 0.462 e. The molecule has 2 aromatic rings. The van der Waals surface area contributed by atoms with E-state index in [0.29, 0.717) is 22.7 Å². The Hall–Kier alpha value is -2.40. The number of ether oxygens (including phenoxy) is 3. The maximum Gasteiger partial charge on any atom is 0.348 e. The molecule has 1 atom stereocenters. The van der Waals surface area contributed by atoms with E-state index in [1.807, 2.05) is 6.07 Å². The molecule has 1 aromatic heterocycles. The highest BCUT2D eigenvalue weighted by atomic mass is 32.1. The Labute approximate surface area is 168 Å². The van der Waals surface area contributed by atoms with Gasteiger partial charge < -0.3 is 19.5 Å². The van der Waals surface area contributed by atoms with Gasteiger partial charge in [0.25, 0.3) is 0 Å². The third-order valence-electron chi connectivity index (χ3n) is 4.18. The van der Waals surface area contributed by atoms with E-state index in [9.17, 15) is 9.59 Å². The number of rotatable bonds is 5. The smallest absolute Gasteiger partial charge is 0.348 e. The molecule has 0 spiro atoms. The number of hydrogen-bond acceptors (Lipinski definition) is 6. The van der Waals surface area contributed by atoms with Gasteiger partial charge in [-0.2, -0.15) is 0 Å². The highest BCUT2D eigenvalue weighted by Crippen LogP contribution is 2.33. The van der Waals surface area contributed by atoms with Crippen LogP contribution in [0, 0.1) is 11.8 Å². The molecule has 0 saturated carbocycles. The third kappa shape index (κ3) is 5.10. The number of carbonyl (C=O) groups is 2. The van der Waals surface area contributed by atoms with Gasteiger partial charge in [-0.3, -0.25) is 4.79 Å². The van der Waals surface area contributed by atoms with Crippen molar-refractivity contribution in [2.75, 3.05) is 25.1 Å². The Balaban J connectivity index is 1.87. The number of carbonyl (C=O) groups excluding carboxylic acids is 2. The van der Waals surface area contributed by atoms with Gasteiger partial charge in [-0.15, -0.1) is 11.3 Å². The van der Waals surface area contributed by atoms with Crippen molar-refractivity contribution < 1.29 is 23.8 Å². The first-order valence-corrected chi connectivity index (χ1v) is 10.1. The predicted octanol–water partition coefficient (Wildman–Crippen LogP) is 3.93. The molecule has 0 radical (unpaired) electrons. The zero-order valence-corrected chi connectivity index (χ0v) is 16.8. The van der Waals surface area contributed by atoms with Crippen molar-refractivity contribution in [3.63, 3.8) is 0 Å². The minimum absolute atomic E-state index is 0.185. The van der Waals surface area contributed by atoms with E-state index in [0.717, 1.165) is 36.0 Å². The van der Waals surface area contributed by atoms with E-state index in [2.05, 4.69) is 17.2 Å². The monoisotopic (exact) mass is 401 g/mol. The molecular formula is C21H23NO5S. The molecule has 1 amide bonds. The minimum Gasteiger partial charge on any atom is -0.462 e. The lowest BCUT2D eigenvalue weighted by molar-refractivity contribution is -0.154. The molecule has 0 aliphatic carbocycles. The first kappa shape index (κ1) is 20.3. The summed E-state index contributed by atoms with van der Waals surface area (Å²) in [6.07, 6.45) is 2.83. The molecule has 1 aromatic carbocycles. The SMILES string of the molecule is CCOC(=O)c1cc2c(C#CCOC3CCCCO3)c(NC(C)=O)ccc2s1. The third-order valence-corrected chi connectivity index (χ3v) is 5.26. The van der Waals surface area contributed by atoms with Gasteiger partial charge in [0, 0.05) is 23.6 Å². The highest BCUT2D eigenvalue weighted by molar-refractivity contribution is 7.20. The summed E-state index contributed by atoms with van der Waals surface area (Å²) >= 11 is 1.34. The zero-order chi connectivity index (χ0) is 19.9. The van der Waals surface area contributed by atoms with E-state index < -0.39 is 0 Å². The summed E-state index contributed by atoms with van der Waals surface area (Å²) in [6, 6.07) is 5.42. The van der Waals surface area contributed by atoms with Crippen LogP contribution < -0.4 is 5.32 Å². The van der Waals surface area contributed by atoms with Crippen LogP contribution in [0.2, 0.25) is 0 Å². The highest BCUT2D eigenvalue weighted by Gasteiger charge is 2.16. The van der Waals surface area contributed by atoms with Gasteiger partial charge in [0.1, 0.15) is 11.5 Å². The topological polar surface area (TPSA) is 73.9 Å². The standard InChI is InChI=1S/C21H23NO5S/c1-3-25-21(24)19-13-16-15(7-6-12-27-20-8-4-5-11-26-20)17(22-14(2)23)9-10-18(16)28-19/h9-10,13,20H,3-5,8,11-12H2,1-2H3,(H,22,23). The second-order valence-electron chi connectivity index (χ2n) is 6.32. The maximum absolute atomic E-state index is 12.1. The van der Waals surface area contributed by atoms with Gasteiger partial charge in [0.2, 0.25) is 5.91 Å². The summed E-state index contributed by atoms with van der Waals surface area (Å²) in [5.41, 5.74) is 1.27. The molecule has 3 rings (SSSR count). The van der Waals surface area contributed by atoms with Crippen molar-refractivity contribution in [2.45, 2.75) is 39.4 Å². The number of amides is 1. The number of benzene rings is 1. The van der Waals surface area contributed by atoms with Gasteiger partial charge in [0.15, 0.2) is 6.29 Å². The zero-order valence-electron chi connectivity index (χ0n) is 16.0. The Morgan fingerprint density at radius 2 is 2.21 bits per heavy atom. The quantitative estimate of drug-likeness (QED) is 0.607. The fourth-order valence-electron chi connectivity index (χ4n) is 2.94. The van der Waals surface area contributed by atoms with Crippen LogP contribution in [0.4, 0.5) is 5.69 Å². The Bertz CT molecular complexity index is 918. The Morgan fingerprint density at radius 3 is 2.93 bits per heavy atom. The van der Waals surface area contributed by atoms with E-state index >= 15 is 0 Å². The van der Waals surface area contributed by atoms with Gasteiger partial charge in [-0.25, -0.2) is 4.79 Å². The van der Waals surface area contributed by atoms with Crippen LogP contribution in [0.3, 0.4) is 0 Å². The minimum atomic E-state index is -0.360. The molecule has 1 fully saturated rings. The van der Waals surface area contributed by atoms with Crippen LogP contribution in [0.25, 0.3) is 10.1 Å². The van der Waals surface area contributed by atoms with E-state index in [1.54, 1.807) is 19.1 Å². The number of anilines is 1. The molecular weight excluding hydrogens is 378 g/mol. The Kier molecular flexibility index (Phi) is 7.04. The van der Waals surface area contributed by atoms with Crippen molar-refractivity contribution in [3.05, 3.63) is 28.6 Å². The van der Waals surface area contributed by atoms with Crippen LogP contribution in [0.15, 0.2) is 18.2 Å². The number of nitrogens with one attached hydrogen (secondary N) is 1. The van der Waals surface area contributed by atoms with Gasteiger partial charge in [-0.1, -0.05) is 11.8 Å². The molecule has 28 heavy (non-hydrogen) atoms. The molecule has 1 aliphatic heterocycles. The molecule has 1 unspecified atom stereocenters. The molecule has 148 valence electrons. The second kappa shape index (κ2) is 9.69. The number of hydrogen-bond donors (Lipinski definition) is 1. The van der Waals surface area contributed by atoms with Crippen molar-refractivity contribution in [3.8, 4) is 11.8 Å². The normalized spacial score (nSPS) is 16.3. The molecule has 6 nitrogen and oxygen atoms in total. The fraction of sp³-hybridized carbons (Fsp3) is 0.429. The molecule has 7 heteroatoms. The fourth-order valence-corrected chi connectivity index (χ4v) is 3.91. The van der Waals surface area contributed by atoms with Crippen molar-refractivity contribution in [1.82, 2.24) is 0 Å². The molecule has 0 bridgehead atoms. The summed E-state index contributed by atoms with van der Waals surface area (Å²) in [4.78, 5) is 24.1. The van der Waals surface area contributed by atoms with Crippen molar-refractivity contribution in [2.24, 2.45) is 0 Å². The average Bonchev–Trinajstić information content (AvgIpc) is 3.11. The lowest BCUT2D eigenvalue weighted by atomic mass is 10.1. The van der Waals surface area contributed by atoms with Gasteiger partial charge >= 0.3 is 5.97 Å². The molecule has 1 N–H and O–H groups in total. The van der Waals surface area contributed by atoms with Crippen LogP contribution >= 0.6 is 11.3 Å². The van der Waals surface area contributed by atoms with Crippen LogP contribution in [-0.2, 0) is 19.0 Å². The summed E-state index contributed by atoms with van der Waals surface area (Å²) in [5.74, 6) is 5.55. The summed E-state index contributed by atoms with van der Waals surface area (Å²) < 4.78 is 17.2. The maximum atomic E-state index is 12.1. The second-order valence-corrected chi connectivity index (χ2v) is 7.40. The first-order valence-electron chi connectivity index (χ1n) is 9.31. The predicted molar refractivity (Wildman–Crippen MR) is 109 cm³/mol. The summed E-state index contributed by atoms with van der Waals surface area (Å²) in [5, 5.41) is 3.61. The van der Waals surface area contributed by atoms with Crippen LogP contribution in [-0.4, -0.2) is 38.0 Å². The number of esters is 1. The van der Waals surface area contributed by atoms with Gasteiger partial charge in [-0.05, 0) is 44.4 Å². The van der Waals surface area contributed by atoms with Crippen LogP contribution in [0.1, 0.15) is 48.3 Å². The molecule has 1 aliphatic rings. The summed E-state index contributed by atoms with van der Waals surface area (Å²) in [7, 11) is 0. The lowest BCUT2D eigenvalue weighted by Gasteiger charge is -2.21. The average molecular weight is 401 g/mol. The first-order chi connectivity index (χ1) is 13.6. The van der Waals surface area contributed by atoms with Gasteiger partial charge in [0.05, 0.1) is 17.9 Å². The van der Waals surface area contributed by atoms with Crippen molar-refractivity contribution in [1.29, 1.82) is 0 Å². The Morgan fingerprint density at radius 1 is 1.36 bits per heavy atom. The molecule has 1 saturated heterocycles. The van der Waals surface area contributed by atoms with E-state index in [-0.39, 0.29) is 24.8 Å². The lowest BCUT2D eigenvalue weighted by Crippen LogP contribution is -2.22. The van der Waals surface area contributed by atoms with Crippen molar-refractivity contribution >= 4 is 39.0 Å². The van der Waals surface area contributed by atoms with E-state index in [4.69, 9.17) is 14.2 Å². The van der Waals surface area contributed by atoms with E-state index in [1.165, 1.54) is 18.3 Å². The summed E-state index contributed by atoms with van der Waals surface area (Å²) in [6.45, 7) is 4.48. The number of thiophene rings is 1. The van der Waals surface area contributed by atoms with Crippen LogP contribution in [0.5, 0.6) is 0 Å². The number of fused-ring (bicyclic) bond motifs is 1.